The largest absolute Gasteiger partial charge is 0.408 e. The Kier molecular flexibility index (Phi) is 19.1. The van der Waals surface area contributed by atoms with E-state index in [2.05, 4.69) is 131 Å². The summed E-state index contributed by atoms with van der Waals surface area (Å²) >= 11 is 2.25. The van der Waals surface area contributed by atoms with Crippen LogP contribution in [0, 0.1) is 11.8 Å². The maximum Gasteiger partial charge on any atom is 0.193 e. The monoisotopic (exact) mass is 966 g/mol. The van der Waals surface area contributed by atoms with E-state index < -0.39 is 14.1 Å². The number of fused-ring (bicyclic) bond motifs is 2. The van der Waals surface area contributed by atoms with Crippen LogP contribution in [0.4, 0.5) is 0 Å². The molecule has 0 unspecified atom stereocenters. The molecule has 5 rings (SSSR count). The van der Waals surface area contributed by atoms with Crippen molar-refractivity contribution in [3.05, 3.63) is 70.9 Å². The van der Waals surface area contributed by atoms with Gasteiger partial charge in [-0.25, -0.2) is 0 Å². The summed E-state index contributed by atoms with van der Waals surface area (Å²) in [6.45, 7) is 19.9. The number of ether oxygens (including phenoxy) is 8. The molecule has 0 amide bonds. The van der Waals surface area contributed by atoms with Crippen molar-refractivity contribution in [1.29, 1.82) is 0 Å². The van der Waals surface area contributed by atoms with E-state index in [1.807, 2.05) is 24.0 Å². The molecule has 0 radical (unpaired) electrons. The first-order chi connectivity index (χ1) is 28.6. The van der Waals surface area contributed by atoms with Crippen molar-refractivity contribution in [1.82, 2.24) is 0 Å². The Balaban J connectivity index is 1.15. The van der Waals surface area contributed by atoms with Gasteiger partial charge in [0.2, 0.25) is 0 Å². The van der Waals surface area contributed by atoms with Crippen LogP contribution < -0.4 is 0 Å². The minimum atomic E-state index is -2.01. The molecule has 0 aliphatic carbocycles. The van der Waals surface area contributed by atoms with Crippen LogP contribution in [0.5, 0.6) is 0 Å². The Bertz CT molecular complexity index is 1520. The highest BCUT2D eigenvalue weighted by Crippen LogP contribution is 2.41. The first kappa shape index (κ1) is 49.7. The molecule has 0 N–H and O–H groups in total. The zero-order valence-electron chi connectivity index (χ0n) is 37.9. The molecule has 14 atom stereocenters. The van der Waals surface area contributed by atoms with E-state index in [0.717, 1.165) is 38.4 Å². The average molecular weight is 967 g/mol. The molecule has 5 aliphatic rings. The quantitative estimate of drug-likeness (QED) is 0.0293. The normalized spacial score (nSPS) is 37.5. The number of halogens is 1. The van der Waals surface area contributed by atoms with E-state index in [1.54, 1.807) is 7.11 Å². The van der Waals surface area contributed by atoms with Crippen LogP contribution in [0.15, 0.2) is 70.9 Å². The van der Waals surface area contributed by atoms with Crippen LogP contribution in [0.2, 0.25) is 18.1 Å². The first-order valence-electron chi connectivity index (χ1n) is 22.4. The van der Waals surface area contributed by atoms with Gasteiger partial charge in [0.1, 0.15) is 37.5 Å². The highest BCUT2D eigenvalue weighted by molar-refractivity contribution is 14.1. The molecule has 10 nitrogen and oxygen atoms in total. The summed E-state index contributed by atoms with van der Waals surface area (Å²) in [4.78, 5) is 10.9. The molecule has 338 valence electrons. The predicted molar refractivity (Wildman–Crippen MR) is 247 cm³/mol. The summed E-state index contributed by atoms with van der Waals surface area (Å²) in [6.07, 6.45) is 29.9. The summed E-state index contributed by atoms with van der Waals surface area (Å²) in [6, 6.07) is 0. The molecular formula is C48H75IO10Si. The van der Waals surface area contributed by atoms with Gasteiger partial charge < -0.3 is 47.1 Å². The van der Waals surface area contributed by atoms with Crippen LogP contribution in [-0.2, 0) is 47.1 Å². The SMILES string of the molecule is COCO[C@H]1C[C@H]([C@H]2OC(C)(C)O[C@@H]2/C=C/CC/C=C/C[C@H]2C=C[C@H](O[Si](C)(C)C(C)(C)C)[C@H](/C=C/CCC=O)O2)O[C@H](C/C=C/[C@@H]2O[C@@H]3C[C@@H](O[C@@H]3/C=C/I)[C@H]2C)[C@@H]1C. The maximum atomic E-state index is 10.9. The fourth-order valence-electron chi connectivity index (χ4n) is 8.47. The van der Waals surface area contributed by atoms with Crippen molar-refractivity contribution in [2.24, 2.45) is 11.8 Å². The van der Waals surface area contributed by atoms with E-state index >= 15 is 0 Å². The Morgan fingerprint density at radius 2 is 1.45 bits per heavy atom. The molecule has 0 aromatic rings. The summed E-state index contributed by atoms with van der Waals surface area (Å²) in [5.74, 6) is -0.309. The van der Waals surface area contributed by atoms with Crippen LogP contribution in [0.3, 0.4) is 0 Å². The van der Waals surface area contributed by atoms with Gasteiger partial charge >= 0.3 is 0 Å². The molecule has 0 saturated carbocycles. The number of carbonyl (C=O) groups excluding carboxylic acids is 1. The lowest BCUT2D eigenvalue weighted by molar-refractivity contribution is -0.210. The van der Waals surface area contributed by atoms with Gasteiger partial charge in [0, 0.05) is 38.2 Å². The summed E-state index contributed by atoms with van der Waals surface area (Å²) < 4.78 is 59.6. The minimum Gasteiger partial charge on any atom is -0.408 e. The van der Waals surface area contributed by atoms with Crippen LogP contribution in [0.25, 0.3) is 0 Å². The van der Waals surface area contributed by atoms with E-state index in [-0.39, 0.29) is 96.9 Å². The van der Waals surface area contributed by atoms with Crippen molar-refractivity contribution in [2.75, 3.05) is 13.9 Å². The number of aldehydes is 1. The van der Waals surface area contributed by atoms with Crippen LogP contribution in [-0.4, -0.2) is 108 Å². The average Bonchev–Trinajstić information content (AvgIpc) is 3.70. The smallest absolute Gasteiger partial charge is 0.193 e. The zero-order valence-corrected chi connectivity index (χ0v) is 41.1. The van der Waals surface area contributed by atoms with Gasteiger partial charge in [-0.2, -0.15) is 0 Å². The van der Waals surface area contributed by atoms with Crippen LogP contribution in [0.1, 0.15) is 99.8 Å². The summed E-state index contributed by atoms with van der Waals surface area (Å²) in [5.41, 5.74) is 0. The number of allylic oxidation sites excluding steroid dienone is 3. The third-order valence-electron chi connectivity index (χ3n) is 13.0. The van der Waals surface area contributed by atoms with Gasteiger partial charge in [-0.05, 0) is 74.2 Å². The molecular weight excluding hydrogens is 892 g/mol. The van der Waals surface area contributed by atoms with Crippen molar-refractivity contribution in [2.45, 2.75) is 197 Å². The molecule has 5 aliphatic heterocycles. The third-order valence-corrected chi connectivity index (χ3v) is 17.9. The minimum absolute atomic E-state index is 0.00586. The number of unbranched alkanes of at least 4 members (excludes halogenated alkanes) is 2. The maximum absolute atomic E-state index is 10.9. The van der Waals surface area contributed by atoms with Crippen molar-refractivity contribution in [3.63, 3.8) is 0 Å². The summed E-state index contributed by atoms with van der Waals surface area (Å²) in [7, 11) is -0.346. The fraction of sp³-hybridized carbons (Fsp3) is 0.729. The van der Waals surface area contributed by atoms with Gasteiger partial charge in [-0.3, -0.25) is 0 Å². The van der Waals surface area contributed by atoms with E-state index in [4.69, 9.17) is 42.3 Å². The fourth-order valence-corrected chi connectivity index (χ4v) is 10.1. The molecule has 0 spiro atoms. The van der Waals surface area contributed by atoms with Gasteiger partial charge in [0.15, 0.2) is 14.1 Å². The lowest BCUT2D eigenvalue weighted by Crippen LogP contribution is -2.50. The molecule has 4 saturated heterocycles. The van der Waals surface area contributed by atoms with E-state index in [1.165, 1.54) is 0 Å². The standard InChI is InChI=1S/C48H75IO10Si/c1-33-36(23-19-24-37-34(2)43-31-44(54-37)39(56-43)27-28-49)55-45(30-42(33)52-32-51-8)46-41(57-48(6,7)58-46)22-16-13-11-12-15-20-35-25-26-40(59-60(9,10)47(3,4)5)38(53-35)21-17-14-18-29-50/h12,15-17,19,21-22,24-29,33-46H,11,13-14,18,20,23,30-32H2,1-10H3/b15-12+,21-17+,22-16+,24-19+,28-27+/t33-,34-,35-,36+,37-,38-,39+,40-,41+,42-,43+,44+,45+,46-/m0/s1. The second kappa shape index (κ2) is 23.1. The molecule has 60 heavy (non-hydrogen) atoms. The topological polar surface area (TPSA) is 100 Å². The Labute approximate surface area is 376 Å². The molecule has 5 heterocycles. The van der Waals surface area contributed by atoms with Gasteiger partial charge in [0.25, 0.3) is 0 Å². The number of rotatable bonds is 20. The third kappa shape index (κ3) is 13.8. The molecule has 2 bridgehead atoms. The highest BCUT2D eigenvalue weighted by Gasteiger charge is 2.49. The Hall–Kier alpha value is -1.30. The lowest BCUT2D eigenvalue weighted by atomic mass is 9.85. The Morgan fingerprint density at radius 1 is 0.750 bits per heavy atom. The predicted octanol–water partition coefficient (Wildman–Crippen LogP) is 10.3. The second-order valence-corrected chi connectivity index (χ2v) is 24.6. The number of hydrogen-bond donors (Lipinski definition) is 0. The first-order valence-corrected chi connectivity index (χ1v) is 26.5. The molecule has 4 fully saturated rings. The van der Waals surface area contributed by atoms with Crippen LogP contribution >= 0.6 is 22.6 Å². The van der Waals surface area contributed by atoms with Gasteiger partial charge in [0.05, 0.1) is 48.8 Å². The van der Waals surface area contributed by atoms with Crippen molar-refractivity contribution in [3.8, 4) is 0 Å². The number of carbonyl (C=O) groups is 1. The molecule has 12 heteroatoms. The van der Waals surface area contributed by atoms with E-state index in [0.29, 0.717) is 19.3 Å². The summed E-state index contributed by atoms with van der Waals surface area (Å²) in [5, 5.41) is 0.0943. The Morgan fingerprint density at radius 3 is 2.17 bits per heavy atom. The number of methoxy groups -OCH3 is 1. The van der Waals surface area contributed by atoms with Crippen molar-refractivity contribution >= 4 is 37.2 Å². The second-order valence-electron chi connectivity index (χ2n) is 19.1. The highest BCUT2D eigenvalue weighted by atomic mass is 127. The van der Waals surface area contributed by atoms with Crippen molar-refractivity contribution < 1.29 is 47.1 Å². The molecule has 0 aromatic heterocycles. The van der Waals surface area contributed by atoms with Gasteiger partial charge in [-0.15, -0.1) is 0 Å². The number of hydrogen-bond acceptors (Lipinski definition) is 10. The lowest BCUT2D eigenvalue weighted by Gasteiger charge is -2.42. The van der Waals surface area contributed by atoms with Gasteiger partial charge in [-0.1, -0.05) is 118 Å². The van der Waals surface area contributed by atoms with E-state index in [9.17, 15) is 4.79 Å². The molecule has 0 aromatic carbocycles. The zero-order chi connectivity index (χ0) is 43.5.